The molecule has 98 valence electrons. The van der Waals surface area contributed by atoms with Gasteiger partial charge in [0.15, 0.2) is 0 Å². The molecular weight excluding hydrogens is 261 g/mol. The van der Waals surface area contributed by atoms with Crippen molar-refractivity contribution in [3.05, 3.63) is 51.2 Å². The molecule has 2 rings (SSSR count). The lowest BCUT2D eigenvalue weighted by Gasteiger charge is -2.15. The zero-order valence-corrected chi connectivity index (χ0v) is 11.7. The monoisotopic (exact) mass is 275 g/mol. The number of nitrogens with zero attached hydrogens (tertiary/aromatic N) is 3. The molecule has 5 heteroatoms. The molecule has 1 aromatic carbocycles. The lowest BCUT2D eigenvalue weighted by molar-refractivity contribution is 0.310. The molecule has 0 aliphatic heterocycles. The highest BCUT2D eigenvalue weighted by Gasteiger charge is 2.08. The minimum absolute atomic E-state index is 0.333. The fourth-order valence-electron chi connectivity index (χ4n) is 1.85. The van der Waals surface area contributed by atoms with Gasteiger partial charge in [-0.1, -0.05) is 6.07 Å². The van der Waals surface area contributed by atoms with Crippen LogP contribution in [0, 0.1) is 24.1 Å². The molecule has 0 atom stereocenters. The average molecular weight is 275 g/mol. The Morgan fingerprint density at radius 3 is 2.79 bits per heavy atom. The number of benzene rings is 1. The van der Waals surface area contributed by atoms with Crippen LogP contribution in [0.1, 0.15) is 21.8 Å². The number of aryl methyl sites for hydroxylation is 1. The van der Waals surface area contributed by atoms with Crippen molar-refractivity contribution in [1.29, 1.82) is 5.26 Å². The van der Waals surface area contributed by atoms with Crippen LogP contribution < -0.4 is 0 Å². The fourth-order valence-corrected chi connectivity index (χ4v) is 2.45. The van der Waals surface area contributed by atoms with Crippen LogP contribution in [-0.2, 0) is 13.1 Å². The molecule has 0 aliphatic carbocycles. The van der Waals surface area contributed by atoms with Crippen LogP contribution in [0.15, 0.2) is 23.6 Å². The maximum Gasteiger partial charge on any atom is 0.129 e. The van der Waals surface area contributed by atoms with Gasteiger partial charge in [0.05, 0.1) is 22.3 Å². The summed E-state index contributed by atoms with van der Waals surface area (Å²) in [6, 6.07) is 6.50. The minimum atomic E-state index is -0.333. The number of halogens is 1. The van der Waals surface area contributed by atoms with Gasteiger partial charge in [0.25, 0.3) is 0 Å². The molecule has 0 radical (unpaired) electrons. The third kappa shape index (κ3) is 3.60. The third-order valence-electron chi connectivity index (χ3n) is 2.72. The van der Waals surface area contributed by atoms with Crippen molar-refractivity contribution in [1.82, 2.24) is 9.88 Å². The topological polar surface area (TPSA) is 39.9 Å². The van der Waals surface area contributed by atoms with Crippen LogP contribution in [0.3, 0.4) is 0 Å². The molecule has 0 N–H and O–H groups in total. The first kappa shape index (κ1) is 13.7. The first-order chi connectivity index (χ1) is 9.08. The van der Waals surface area contributed by atoms with E-state index >= 15 is 0 Å². The number of hydrogen-bond donors (Lipinski definition) is 0. The number of thiazole rings is 1. The van der Waals surface area contributed by atoms with E-state index in [-0.39, 0.29) is 5.82 Å². The summed E-state index contributed by atoms with van der Waals surface area (Å²) in [4.78, 5) is 6.38. The van der Waals surface area contributed by atoms with Crippen molar-refractivity contribution in [3.8, 4) is 6.07 Å². The quantitative estimate of drug-likeness (QED) is 0.860. The molecule has 19 heavy (non-hydrogen) atoms. The van der Waals surface area contributed by atoms with E-state index in [2.05, 4.69) is 4.98 Å². The Bertz CT molecular complexity index is 615. The van der Waals surface area contributed by atoms with Gasteiger partial charge in [-0.05, 0) is 26.1 Å². The molecular formula is C14H14FN3S. The van der Waals surface area contributed by atoms with Gasteiger partial charge in [-0.2, -0.15) is 5.26 Å². The van der Waals surface area contributed by atoms with Crippen LogP contribution in [0.5, 0.6) is 0 Å². The molecule has 3 nitrogen and oxygen atoms in total. The summed E-state index contributed by atoms with van der Waals surface area (Å²) in [7, 11) is 1.92. The van der Waals surface area contributed by atoms with Gasteiger partial charge in [-0.15, -0.1) is 11.3 Å². The summed E-state index contributed by atoms with van der Waals surface area (Å²) < 4.78 is 13.7. The second kappa shape index (κ2) is 5.91. The fraction of sp³-hybridized carbons (Fsp3) is 0.286. The van der Waals surface area contributed by atoms with Crippen molar-refractivity contribution in [2.45, 2.75) is 20.0 Å². The van der Waals surface area contributed by atoms with Crippen LogP contribution in [0.4, 0.5) is 4.39 Å². The van der Waals surface area contributed by atoms with E-state index in [1.165, 1.54) is 6.07 Å². The molecule has 0 aliphatic rings. The van der Waals surface area contributed by atoms with Gasteiger partial charge >= 0.3 is 0 Å². The van der Waals surface area contributed by atoms with Gasteiger partial charge in [0, 0.05) is 24.0 Å². The first-order valence-electron chi connectivity index (χ1n) is 5.86. The lowest BCUT2D eigenvalue weighted by Crippen LogP contribution is -2.18. The molecule has 1 aromatic heterocycles. The largest absolute Gasteiger partial charge is 0.296 e. The predicted molar refractivity (Wildman–Crippen MR) is 73.1 cm³/mol. The van der Waals surface area contributed by atoms with E-state index in [9.17, 15) is 4.39 Å². The van der Waals surface area contributed by atoms with Gasteiger partial charge in [0.2, 0.25) is 0 Å². The summed E-state index contributed by atoms with van der Waals surface area (Å²) in [6.07, 6.45) is 0. The van der Waals surface area contributed by atoms with Crippen LogP contribution in [0.2, 0.25) is 0 Å². The Balaban J connectivity index is 2.03. The SMILES string of the molecule is Cc1nc(CN(C)Cc2ccc(C#N)cc2F)cs1. The predicted octanol–water partition coefficient (Wildman–Crippen LogP) is 3.09. The molecule has 2 aromatic rings. The van der Waals surface area contributed by atoms with E-state index in [1.807, 2.05) is 30.3 Å². The second-order valence-corrected chi connectivity index (χ2v) is 5.51. The maximum atomic E-state index is 13.7. The Kier molecular flexibility index (Phi) is 4.25. The van der Waals surface area contributed by atoms with Gasteiger partial charge in [-0.3, -0.25) is 4.90 Å². The van der Waals surface area contributed by atoms with Crippen LogP contribution >= 0.6 is 11.3 Å². The first-order valence-corrected chi connectivity index (χ1v) is 6.74. The molecule has 0 unspecified atom stereocenters. The van der Waals surface area contributed by atoms with Gasteiger partial charge in [0.1, 0.15) is 5.82 Å². The Hall–Kier alpha value is -1.77. The highest BCUT2D eigenvalue weighted by atomic mass is 32.1. The van der Waals surface area contributed by atoms with Crippen LogP contribution in [0.25, 0.3) is 0 Å². The highest BCUT2D eigenvalue weighted by molar-refractivity contribution is 7.09. The van der Waals surface area contributed by atoms with E-state index in [4.69, 9.17) is 5.26 Å². The van der Waals surface area contributed by atoms with Gasteiger partial charge < -0.3 is 0 Å². The zero-order chi connectivity index (χ0) is 13.8. The van der Waals surface area contributed by atoms with E-state index in [0.717, 1.165) is 10.7 Å². The second-order valence-electron chi connectivity index (χ2n) is 4.45. The summed E-state index contributed by atoms with van der Waals surface area (Å²) in [5.74, 6) is -0.333. The molecule has 0 saturated carbocycles. The van der Waals surface area contributed by atoms with Crippen molar-refractivity contribution in [3.63, 3.8) is 0 Å². The zero-order valence-electron chi connectivity index (χ0n) is 10.9. The van der Waals surface area contributed by atoms with E-state index < -0.39 is 0 Å². The van der Waals surface area contributed by atoms with Gasteiger partial charge in [-0.25, -0.2) is 9.37 Å². The summed E-state index contributed by atoms with van der Waals surface area (Å²) >= 11 is 1.61. The van der Waals surface area contributed by atoms with Crippen LogP contribution in [-0.4, -0.2) is 16.9 Å². The number of nitriles is 1. The summed E-state index contributed by atoms with van der Waals surface area (Å²) in [5, 5.41) is 11.7. The summed E-state index contributed by atoms with van der Waals surface area (Å²) in [6.45, 7) is 3.15. The smallest absolute Gasteiger partial charge is 0.129 e. The molecule has 0 spiro atoms. The van der Waals surface area contributed by atoms with E-state index in [1.54, 1.807) is 23.5 Å². The number of hydrogen-bond acceptors (Lipinski definition) is 4. The number of rotatable bonds is 4. The average Bonchev–Trinajstić information content (AvgIpc) is 2.77. The number of aromatic nitrogens is 1. The van der Waals surface area contributed by atoms with E-state index in [0.29, 0.717) is 24.2 Å². The Morgan fingerprint density at radius 2 is 2.21 bits per heavy atom. The normalized spacial score (nSPS) is 10.7. The molecule has 0 saturated heterocycles. The molecule has 0 fully saturated rings. The molecule has 0 amide bonds. The van der Waals surface area contributed by atoms with Crippen molar-refractivity contribution >= 4 is 11.3 Å². The summed E-state index contributed by atoms with van der Waals surface area (Å²) in [5.41, 5.74) is 1.94. The Morgan fingerprint density at radius 1 is 1.42 bits per heavy atom. The lowest BCUT2D eigenvalue weighted by atomic mass is 10.1. The maximum absolute atomic E-state index is 13.7. The molecule has 1 heterocycles. The Labute approximate surface area is 115 Å². The van der Waals surface area contributed by atoms with Crippen molar-refractivity contribution < 1.29 is 4.39 Å². The minimum Gasteiger partial charge on any atom is -0.296 e. The standard InChI is InChI=1S/C14H14FN3S/c1-10-17-13(9-19-10)8-18(2)7-12-4-3-11(6-16)5-14(12)15/h3-5,9H,7-8H2,1-2H3. The molecule has 0 bridgehead atoms. The van der Waals surface area contributed by atoms with Crippen molar-refractivity contribution in [2.75, 3.05) is 7.05 Å². The third-order valence-corrected chi connectivity index (χ3v) is 3.54. The highest BCUT2D eigenvalue weighted by Crippen LogP contribution is 2.14. The van der Waals surface area contributed by atoms with Crippen molar-refractivity contribution in [2.24, 2.45) is 0 Å².